The predicted octanol–water partition coefficient (Wildman–Crippen LogP) is 5.32. The largest absolute Gasteiger partial charge is 0.484 e. The van der Waals surface area contributed by atoms with Crippen LogP contribution in [0.25, 0.3) is 0 Å². The molecule has 0 aromatic heterocycles. The van der Waals surface area contributed by atoms with Crippen LogP contribution in [0.2, 0.25) is 10.0 Å². The average Bonchev–Trinajstić information content (AvgIpc) is 2.72. The highest BCUT2D eigenvalue weighted by Gasteiger charge is 2.29. The zero-order valence-corrected chi connectivity index (χ0v) is 20.0. The fourth-order valence-electron chi connectivity index (χ4n) is 3.36. The van der Waals surface area contributed by atoms with Crippen molar-refractivity contribution in [3.8, 4) is 5.75 Å². The number of hydrogen-bond donors (Lipinski definition) is 1. The number of amides is 2. The molecule has 0 saturated heterocycles. The van der Waals surface area contributed by atoms with E-state index in [4.69, 9.17) is 27.9 Å². The lowest BCUT2D eigenvalue weighted by Gasteiger charge is -2.30. The first-order valence-corrected chi connectivity index (χ1v) is 11.2. The highest BCUT2D eigenvalue weighted by molar-refractivity contribution is 6.42. The Bertz CT molecular complexity index is 897. The van der Waals surface area contributed by atoms with Crippen molar-refractivity contribution in [3.05, 3.63) is 63.1 Å². The minimum absolute atomic E-state index is 0.165. The van der Waals surface area contributed by atoms with Crippen LogP contribution in [-0.4, -0.2) is 35.9 Å². The van der Waals surface area contributed by atoms with Gasteiger partial charge in [-0.25, -0.2) is 0 Å². The van der Waals surface area contributed by atoms with E-state index in [1.165, 1.54) is 0 Å². The molecule has 1 atom stereocenters. The lowest BCUT2D eigenvalue weighted by atomic mass is 10.1. The molecule has 0 unspecified atom stereocenters. The molecule has 7 heteroatoms. The van der Waals surface area contributed by atoms with Crippen LogP contribution < -0.4 is 10.1 Å². The fraction of sp³-hybridized carbons (Fsp3) is 0.417. The van der Waals surface area contributed by atoms with Crippen LogP contribution in [0.5, 0.6) is 5.75 Å². The molecule has 31 heavy (non-hydrogen) atoms. The molecule has 2 rings (SSSR count). The van der Waals surface area contributed by atoms with E-state index in [0.717, 1.165) is 23.1 Å². The first kappa shape index (κ1) is 25.0. The number of ether oxygens (including phenoxy) is 1. The number of halogens is 2. The number of aryl methyl sites for hydroxylation is 2. The monoisotopic (exact) mass is 464 g/mol. The molecular formula is C24H30Cl2N2O3. The Morgan fingerprint density at radius 2 is 1.71 bits per heavy atom. The Hall–Kier alpha value is -2.24. The maximum absolute atomic E-state index is 13.2. The van der Waals surface area contributed by atoms with Gasteiger partial charge in [-0.2, -0.15) is 0 Å². The van der Waals surface area contributed by atoms with Crippen molar-refractivity contribution in [2.24, 2.45) is 0 Å². The van der Waals surface area contributed by atoms with Gasteiger partial charge < -0.3 is 15.0 Å². The molecule has 0 bridgehead atoms. The SMILES string of the molecule is CCCNC(=O)[C@H](CC)N(Cc1ccc(Cl)c(Cl)c1)C(=O)COc1cc(C)cc(C)c1. The summed E-state index contributed by atoms with van der Waals surface area (Å²) in [7, 11) is 0. The minimum Gasteiger partial charge on any atom is -0.484 e. The number of hydrogen-bond acceptors (Lipinski definition) is 3. The second kappa shape index (κ2) is 12.0. The summed E-state index contributed by atoms with van der Waals surface area (Å²) in [5, 5.41) is 3.74. The van der Waals surface area contributed by atoms with Crippen LogP contribution >= 0.6 is 23.2 Å². The summed E-state index contributed by atoms with van der Waals surface area (Å²) in [5.74, 6) is 0.178. The second-order valence-corrected chi connectivity index (χ2v) is 8.41. The van der Waals surface area contributed by atoms with Gasteiger partial charge in [0.25, 0.3) is 5.91 Å². The Balaban J connectivity index is 2.24. The molecule has 0 spiro atoms. The lowest BCUT2D eigenvalue weighted by molar-refractivity contribution is -0.143. The molecule has 0 saturated carbocycles. The third kappa shape index (κ3) is 7.44. The summed E-state index contributed by atoms with van der Waals surface area (Å²) in [4.78, 5) is 27.5. The average molecular weight is 465 g/mol. The van der Waals surface area contributed by atoms with Crippen LogP contribution in [-0.2, 0) is 16.1 Å². The lowest BCUT2D eigenvalue weighted by Crippen LogP contribution is -2.50. The number of benzene rings is 2. The fourth-order valence-corrected chi connectivity index (χ4v) is 3.69. The zero-order valence-electron chi connectivity index (χ0n) is 18.5. The maximum Gasteiger partial charge on any atom is 0.261 e. The third-order valence-corrected chi connectivity index (χ3v) is 5.57. The van der Waals surface area contributed by atoms with Gasteiger partial charge in [0.05, 0.1) is 10.0 Å². The van der Waals surface area contributed by atoms with Crippen molar-refractivity contribution >= 4 is 35.0 Å². The Kier molecular flexibility index (Phi) is 9.66. The first-order chi connectivity index (χ1) is 14.7. The smallest absolute Gasteiger partial charge is 0.261 e. The van der Waals surface area contributed by atoms with Crippen molar-refractivity contribution in [1.29, 1.82) is 0 Å². The molecule has 2 amide bonds. The molecule has 0 heterocycles. The molecule has 2 aromatic carbocycles. The molecule has 0 aliphatic rings. The molecular weight excluding hydrogens is 435 g/mol. The highest BCUT2D eigenvalue weighted by atomic mass is 35.5. The van der Waals surface area contributed by atoms with Crippen molar-refractivity contribution < 1.29 is 14.3 Å². The van der Waals surface area contributed by atoms with Crippen molar-refractivity contribution in [1.82, 2.24) is 10.2 Å². The van der Waals surface area contributed by atoms with E-state index in [1.807, 2.05) is 45.9 Å². The van der Waals surface area contributed by atoms with Gasteiger partial charge in [-0.15, -0.1) is 0 Å². The van der Waals surface area contributed by atoms with Gasteiger partial charge in [0.15, 0.2) is 6.61 Å². The summed E-state index contributed by atoms with van der Waals surface area (Å²) >= 11 is 12.2. The maximum atomic E-state index is 13.2. The van der Waals surface area contributed by atoms with E-state index in [-0.39, 0.29) is 25.0 Å². The van der Waals surface area contributed by atoms with Gasteiger partial charge in [0.1, 0.15) is 11.8 Å². The van der Waals surface area contributed by atoms with Crippen LogP contribution in [0.15, 0.2) is 36.4 Å². The Morgan fingerprint density at radius 1 is 1.03 bits per heavy atom. The zero-order chi connectivity index (χ0) is 23.0. The van der Waals surface area contributed by atoms with Crippen molar-refractivity contribution in [2.75, 3.05) is 13.2 Å². The number of nitrogens with zero attached hydrogens (tertiary/aromatic N) is 1. The molecule has 5 nitrogen and oxygen atoms in total. The van der Waals surface area contributed by atoms with E-state index in [9.17, 15) is 9.59 Å². The number of nitrogens with one attached hydrogen (secondary N) is 1. The van der Waals surface area contributed by atoms with Gasteiger partial charge in [0.2, 0.25) is 5.91 Å². The topological polar surface area (TPSA) is 58.6 Å². The van der Waals surface area contributed by atoms with Crippen LogP contribution in [0, 0.1) is 13.8 Å². The van der Waals surface area contributed by atoms with Crippen molar-refractivity contribution in [3.63, 3.8) is 0 Å². The molecule has 168 valence electrons. The van der Waals surface area contributed by atoms with E-state index in [0.29, 0.717) is 28.8 Å². The van der Waals surface area contributed by atoms with Crippen LogP contribution in [0.4, 0.5) is 0 Å². The second-order valence-electron chi connectivity index (χ2n) is 7.60. The quantitative estimate of drug-likeness (QED) is 0.517. The molecule has 1 N–H and O–H groups in total. The Morgan fingerprint density at radius 3 is 2.29 bits per heavy atom. The number of carbonyl (C=O) groups excluding carboxylic acids is 2. The van der Waals surface area contributed by atoms with Crippen LogP contribution in [0.1, 0.15) is 43.4 Å². The summed E-state index contributed by atoms with van der Waals surface area (Å²) in [6.07, 6.45) is 1.30. The summed E-state index contributed by atoms with van der Waals surface area (Å²) in [6.45, 7) is 8.44. The standard InChI is InChI=1S/C24H30Cl2N2O3/c1-5-9-27-24(30)22(6-2)28(14-18-7-8-20(25)21(26)13-18)23(29)15-31-19-11-16(3)10-17(4)12-19/h7-8,10-13,22H,5-6,9,14-15H2,1-4H3,(H,27,30)/t22-/m0/s1. The Labute approximate surface area is 194 Å². The van der Waals surface area contributed by atoms with Gasteiger partial charge in [-0.3, -0.25) is 9.59 Å². The van der Waals surface area contributed by atoms with Gasteiger partial charge >= 0.3 is 0 Å². The minimum atomic E-state index is -0.614. The van der Waals surface area contributed by atoms with Gasteiger partial charge in [-0.1, -0.05) is 49.2 Å². The van der Waals surface area contributed by atoms with Crippen molar-refractivity contribution in [2.45, 2.75) is 53.1 Å². The molecule has 0 radical (unpaired) electrons. The van der Waals surface area contributed by atoms with E-state index >= 15 is 0 Å². The number of carbonyl (C=O) groups is 2. The molecule has 0 aliphatic carbocycles. The summed E-state index contributed by atoms with van der Waals surface area (Å²) in [5.41, 5.74) is 2.90. The van der Waals surface area contributed by atoms with E-state index in [1.54, 1.807) is 23.1 Å². The molecule has 2 aromatic rings. The molecule has 0 fully saturated rings. The summed E-state index contributed by atoms with van der Waals surface area (Å²) in [6, 6.07) is 10.4. The normalized spacial score (nSPS) is 11.7. The predicted molar refractivity (Wildman–Crippen MR) is 126 cm³/mol. The van der Waals surface area contributed by atoms with Crippen LogP contribution in [0.3, 0.4) is 0 Å². The molecule has 0 aliphatic heterocycles. The third-order valence-electron chi connectivity index (χ3n) is 4.83. The highest BCUT2D eigenvalue weighted by Crippen LogP contribution is 2.24. The van der Waals surface area contributed by atoms with E-state index in [2.05, 4.69) is 5.32 Å². The first-order valence-electron chi connectivity index (χ1n) is 10.5. The van der Waals surface area contributed by atoms with E-state index < -0.39 is 6.04 Å². The van der Waals surface area contributed by atoms with Gasteiger partial charge in [-0.05, 0) is 67.6 Å². The number of rotatable bonds is 10. The van der Waals surface area contributed by atoms with Gasteiger partial charge in [0, 0.05) is 13.1 Å². The summed E-state index contributed by atoms with van der Waals surface area (Å²) < 4.78 is 5.78.